The predicted octanol–water partition coefficient (Wildman–Crippen LogP) is 2.72. The lowest BCUT2D eigenvalue weighted by atomic mass is 9.80. The van der Waals surface area contributed by atoms with Crippen LogP contribution in [0.15, 0.2) is 28.7 Å². The molecule has 0 radical (unpaired) electrons. The molecule has 2 fully saturated rings. The van der Waals surface area contributed by atoms with Gasteiger partial charge < -0.3 is 14.2 Å². The van der Waals surface area contributed by atoms with E-state index in [1.54, 1.807) is 0 Å². The van der Waals surface area contributed by atoms with Crippen molar-refractivity contribution in [1.29, 1.82) is 0 Å². The highest BCUT2D eigenvalue weighted by atomic mass is 16.3. The number of nitrogens with zero attached hydrogens (tertiary/aromatic N) is 3. The maximum Gasteiger partial charge on any atom is 0.319 e. The number of furan rings is 1. The van der Waals surface area contributed by atoms with Crippen LogP contribution in [0.4, 0.5) is 4.79 Å². The number of amides is 2. The van der Waals surface area contributed by atoms with Crippen LogP contribution in [0.5, 0.6) is 0 Å². The van der Waals surface area contributed by atoms with Gasteiger partial charge in [0.05, 0.1) is 12.1 Å². The van der Waals surface area contributed by atoms with Crippen LogP contribution in [0.1, 0.15) is 23.8 Å². The van der Waals surface area contributed by atoms with E-state index >= 15 is 0 Å². The molecule has 0 aliphatic carbocycles. The molecule has 4 heterocycles. The third-order valence-electron chi connectivity index (χ3n) is 6.25. The molecule has 0 spiro atoms. The molecule has 5 nitrogen and oxygen atoms in total. The van der Waals surface area contributed by atoms with Gasteiger partial charge in [0.25, 0.3) is 0 Å². The Balaban J connectivity index is 1.52. The quantitative estimate of drug-likeness (QED) is 0.748. The van der Waals surface area contributed by atoms with Crippen molar-refractivity contribution in [2.24, 2.45) is 5.92 Å². The van der Waals surface area contributed by atoms with Crippen LogP contribution in [-0.2, 0) is 6.42 Å². The second kappa shape index (κ2) is 4.99. The number of likely N-dealkylation sites (N-methyl/N-ethyl adjacent to an activating group) is 1. The van der Waals surface area contributed by atoms with Gasteiger partial charge in [0.2, 0.25) is 0 Å². The smallest absolute Gasteiger partial charge is 0.319 e. The van der Waals surface area contributed by atoms with E-state index in [0.29, 0.717) is 18.0 Å². The van der Waals surface area contributed by atoms with Gasteiger partial charge in [-0.1, -0.05) is 18.2 Å². The number of carbonyl (C=O) groups is 1. The zero-order valence-corrected chi connectivity index (χ0v) is 14.2. The molecule has 24 heavy (non-hydrogen) atoms. The van der Waals surface area contributed by atoms with Crippen molar-refractivity contribution in [2.45, 2.75) is 24.9 Å². The van der Waals surface area contributed by atoms with E-state index in [1.165, 1.54) is 16.7 Å². The number of carbonyl (C=O) groups excluding carboxylic acids is 1. The summed E-state index contributed by atoms with van der Waals surface area (Å²) >= 11 is 0. The molecular weight excluding hydrogens is 302 g/mol. The third kappa shape index (κ3) is 1.88. The van der Waals surface area contributed by atoms with E-state index < -0.39 is 0 Å². The van der Waals surface area contributed by atoms with Crippen LogP contribution in [0, 0.1) is 5.92 Å². The van der Waals surface area contributed by atoms with E-state index in [9.17, 15) is 4.79 Å². The molecule has 5 heteroatoms. The van der Waals surface area contributed by atoms with Crippen LogP contribution >= 0.6 is 0 Å². The number of rotatable bonds is 0. The van der Waals surface area contributed by atoms with E-state index in [1.807, 2.05) is 30.0 Å². The largest absolute Gasteiger partial charge is 0.459 e. The highest BCUT2D eigenvalue weighted by molar-refractivity contribution is 5.82. The zero-order chi connectivity index (χ0) is 16.4. The molecule has 3 aliphatic rings. The topological polar surface area (TPSA) is 39.9 Å². The van der Waals surface area contributed by atoms with Crippen LogP contribution in [0.25, 0.3) is 11.0 Å². The molecule has 2 amide bonds. The van der Waals surface area contributed by atoms with Crippen molar-refractivity contribution in [1.82, 2.24) is 14.7 Å². The Morgan fingerprint density at radius 1 is 1.17 bits per heavy atom. The number of para-hydroxylation sites is 1. The Kier molecular flexibility index (Phi) is 2.98. The molecular formula is C19H23N3O2. The van der Waals surface area contributed by atoms with Gasteiger partial charge in [0.15, 0.2) is 0 Å². The van der Waals surface area contributed by atoms with Crippen molar-refractivity contribution in [3.05, 3.63) is 35.6 Å². The van der Waals surface area contributed by atoms with Crippen molar-refractivity contribution >= 4 is 17.0 Å². The fourth-order valence-corrected chi connectivity index (χ4v) is 5.01. The lowest BCUT2D eigenvalue weighted by Gasteiger charge is -2.52. The highest BCUT2D eigenvalue weighted by Gasteiger charge is 2.46. The first-order valence-electron chi connectivity index (χ1n) is 8.85. The number of hydrogen-bond donors (Lipinski definition) is 0. The van der Waals surface area contributed by atoms with E-state index in [2.05, 4.69) is 23.1 Å². The summed E-state index contributed by atoms with van der Waals surface area (Å²) in [6.45, 7) is 2.87. The van der Waals surface area contributed by atoms with Gasteiger partial charge >= 0.3 is 6.03 Å². The van der Waals surface area contributed by atoms with Crippen LogP contribution in [0.3, 0.4) is 0 Å². The second-order valence-corrected chi connectivity index (χ2v) is 7.54. The maximum absolute atomic E-state index is 12.3. The number of fused-ring (bicyclic) bond motifs is 6. The van der Waals surface area contributed by atoms with Crippen molar-refractivity contribution in [3.8, 4) is 0 Å². The van der Waals surface area contributed by atoms with Gasteiger partial charge in [-0.2, -0.15) is 0 Å². The minimum Gasteiger partial charge on any atom is -0.459 e. The molecule has 5 rings (SSSR count). The Hall–Kier alpha value is -2.01. The first-order chi connectivity index (χ1) is 11.6. The third-order valence-corrected chi connectivity index (χ3v) is 6.25. The van der Waals surface area contributed by atoms with Gasteiger partial charge in [-0.05, 0) is 18.9 Å². The first-order valence-corrected chi connectivity index (χ1v) is 8.85. The number of hydrogen-bond acceptors (Lipinski definition) is 3. The summed E-state index contributed by atoms with van der Waals surface area (Å²) in [5.74, 6) is 1.68. The molecule has 2 saturated heterocycles. The van der Waals surface area contributed by atoms with Crippen LogP contribution < -0.4 is 0 Å². The lowest BCUT2D eigenvalue weighted by molar-refractivity contribution is -0.00660. The van der Waals surface area contributed by atoms with Crippen molar-refractivity contribution in [2.75, 3.05) is 33.7 Å². The minimum atomic E-state index is 0.149. The second-order valence-electron chi connectivity index (χ2n) is 7.54. The fraction of sp³-hybridized carbons (Fsp3) is 0.526. The van der Waals surface area contributed by atoms with Crippen LogP contribution in [0.2, 0.25) is 0 Å². The fourth-order valence-electron chi connectivity index (χ4n) is 5.01. The van der Waals surface area contributed by atoms with Crippen molar-refractivity contribution < 1.29 is 9.21 Å². The molecule has 0 N–H and O–H groups in total. The Morgan fingerprint density at radius 2 is 2.00 bits per heavy atom. The summed E-state index contributed by atoms with van der Waals surface area (Å²) in [6.07, 6.45) is 2.11. The minimum absolute atomic E-state index is 0.149. The average Bonchev–Trinajstić information content (AvgIpc) is 2.98. The molecule has 126 valence electrons. The molecule has 0 bridgehead atoms. The van der Waals surface area contributed by atoms with Gasteiger partial charge in [-0.25, -0.2) is 4.79 Å². The van der Waals surface area contributed by atoms with Crippen molar-refractivity contribution in [3.63, 3.8) is 0 Å². The summed E-state index contributed by atoms with van der Waals surface area (Å²) in [6, 6.07) is 9.23. The molecule has 0 saturated carbocycles. The SMILES string of the molecule is CN1CC2CC3c4oc5ccccc5c4CCN3CC2N(C)C1=O. The molecule has 3 unspecified atom stereocenters. The summed E-state index contributed by atoms with van der Waals surface area (Å²) in [4.78, 5) is 18.6. The molecule has 3 atom stereocenters. The average molecular weight is 325 g/mol. The summed E-state index contributed by atoms with van der Waals surface area (Å²) in [5, 5.41) is 1.28. The maximum atomic E-state index is 12.3. The monoisotopic (exact) mass is 325 g/mol. The molecule has 3 aliphatic heterocycles. The van der Waals surface area contributed by atoms with Crippen LogP contribution in [-0.4, -0.2) is 60.5 Å². The highest BCUT2D eigenvalue weighted by Crippen LogP contribution is 2.44. The predicted molar refractivity (Wildman–Crippen MR) is 91.9 cm³/mol. The van der Waals surface area contributed by atoms with Gasteiger partial charge in [0.1, 0.15) is 11.3 Å². The molecule has 1 aromatic heterocycles. The Morgan fingerprint density at radius 3 is 2.88 bits per heavy atom. The zero-order valence-electron chi connectivity index (χ0n) is 14.2. The normalized spacial score (nSPS) is 30.2. The summed E-state index contributed by atoms with van der Waals surface area (Å²) in [7, 11) is 3.86. The summed E-state index contributed by atoms with van der Waals surface area (Å²) in [5.41, 5.74) is 2.42. The number of piperidine rings is 1. The van der Waals surface area contributed by atoms with E-state index in [-0.39, 0.29) is 6.03 Å². The first kappa shape index (κ1) is 14.3. The molecule has 2 aromatic rings. The Labute approximate surface area is 141 Å². The van der Waals surface area contributed by atoms with Gasteiger partial charge in [-0.3, -0.25) is 4.90 Å². The number of benzene rings is 1. The summed E-state index contributed by atoms with van der Waals surface area (Å²) < 4.78 is 6.28. The standard InChI is InChI=1S/C19H23N3O2/c1-20-10-12-9-15-18-14(13-5-3-4-6-17(13)24-18)7-8-22(15)11-16(12)21(2)19(20)23/h3-6,12,15-16H,7-11H2,1-2H3. The van der Waals surface area contributed by atoms with Gasteiger partial charge in [0, 0.05) is 50.6 Å². The van der Waals surface area contributed by atoms with Gasteiger partial charge in [-0.15, -0.1) is 0 Å². The van der Waals surface area contributed by atoms with E-state index in [4.69, 9.17) is 4.42 Å². The van der Waals surface area contributed by atoms with E-state index in [0.717, 1.165) is 38.1 Å². The Bertz CT molecular complexity index is 814. The number of urea groups is 1. The lowest BCUT2D eigenvalue weighted by Crippen LogP contribution is -2.63. The molecule has 1 aromatic carbocycles.